The van der Waals surface area contributed by atoms with E-state index in [1.165, 1.54) is 24.5 Å². The number of piperidine rings is 1. The average Bonchev–Trinajstić information content (AvgIpc) is 2.83. The molecular weight excluding hydrogens is 487 g/mol. The second-order valence-corrected chi connectivity index (χ2v) is 9.39. The van der Waals surface area contributed by atoms with E-state index in [1.54, 1.807) is 12.1 Å². The number of nitrogen functional groups attached to an aromatic ring is 1. The first-order valence-electron chi connectivity index (χ1n) is 11.3. The summed E-state index contributed by atoms with van der Waals surface area (Å²) in [5, 5.41) is 2.63. The summed E-state index contributed by atoms with van der Waals surface area (Å²) < 4.78 is 40.9. The number of allylic oxidation sites excluding steroid dienone is 2. The normalized spacial score (nSPS) is 17.1. The number of alkyl halides is 3. The summed E-state index contributed by atoms with van der Waals surface area (Å²) in [6, 6.07) is 3.79. The number of halogens is 3. The van der Waals surface area contributed by atoms with Crippen molar-refractivity contribution in [1.82, 2.24) is 14.9 Å². The van der Waals surface area contributed by atoms with E-state index in [-0.39, 0.29) is 23.1 Å². The molecule has 3 N–H and O–H groups in total. The van der Waals surface area contributed by atoms with Crippen molar-refractivity contribution < 1.29 is 18.0 Å². The van der Waals surface area contributed by atoms with Crippen LogP contribution in [0.1, 0.15) is 41.9 Å². The highest BCUT2D eigenvalue weighted by Crippen LogP contribution is 2.36. The molecule has 1 aromatic carbocycles. The highest BCUT2D eigenvalue weighted by atomic mass is 32.1. The van der Waals surface area contributed by atoms with Crippen LogP contribution in [0.2, 0.25) is 0 Å². The van der Waals surface area contributed by atoms with E-state index in [9.17, 15) is 18.0 Å². The first-order valence-corrected chi connectivity index (χ1v) is 11.7. The van der Waals surface area contributed by atoms with Crippen LogP contribution in [0.3, 0.4) is 0 Å². The molecule has 4 rings (SSSR count). The van der Waals surface area contributed by atoms with Gasteiger partial charge in [-0.15, -0.1) is 0 Å². The first kappa shape index (κ1) is 25.5. The molecule has 2 heterocycles. The Balaban J connectivity index is 1.56. The predicted octanol–water partition coefficient (Wildman–Crippen LogP) is 4.50. The topological polar surface area (TPSA) is 84.1 Å². The molecule has 1 fully saturated rings. The Labute approximate surface area is 212 Å². The molecule has 1 aliphatic heterocycles. The van der Waals surface area contributed by atoms with Crippen molar-refractivity contribution in [3.05, 3.63) is 70.6 Å². The van der Waals surface area contributed by atoms with Gasteiger partial charge in [0.2, 0.25) is 5.95 Å². The van der Waals surface area contributed by atoms with Crippen LogP contribution in [0.25, 0.3) is 0 Å². The number of hydrogen-bond acceptors (Lipinski definition) is 6. The molecule has 36 heavy (non-hydrogen) atoms. The largest absolute Gasteiger partial charge is 0.416 e. The van der Waals surface area contributed by atoms with Gasteiger partial charge in [0, 0.05) is 40.5 Å². The molecule has 0 atom stereocenters. The van der Waals surface area contributed by atoms with Gasteiger partial charge in [0.15, 0.2) is 0 Å². The zero-order chi connectivity index (χ0) is 25.9. The molecule has 1 amide bonds. The Morgan fingerprint density at radius 3 is 2.50 bits per heavy atom. The summed E-state index contributed by atoms with van der Waals surface area (Å²) >= 11 is 5.32. The number of nitrogens with zero attached hydrogens (tertiary/aromatic N) is 3. The summed E-state index contributed by atoms with van der Waals surface area (Å²) in [4.78, 5) is 23.4. The van der Waals surface area contributed by atoms with E-state index >= 15 is 0 Å². The van der Waals surface area contributed by atoms with E-state index in [1.807, 2.05) is 7.05 Å². The van der Waals surface area contributed by atoms with Crippen LogP contribution >= 0.6 is 12.2 Å². The summed E-state index contributed by atoms with van der Waals surface area (Å²) in [6.45, 7) is 1.62. The molecule has 1 aromatic heterocycles. The van der Waals surface area contributed by atoms with Gasteiger partial charge in [0.05, 0.1) is 11.1 Å². The third-order valence-electron chi connectivity index (χ3n) is 6.04. The number of rotatable bonds is 3. The minimum absolute atomic E-state index is 0.000264. The van der Waals surface area contributed by atoms with Crippen LogP contribution in [0.4, 0.5) is 24.8 Å². The molecular formula is C26H24F3N5OS. The van der Waals surface area contributed by atoms with Crippen molar-refractivity contribution in [3.8, 4) is 11.8 Å². The molecule has 1 saturated heterocycles. The minimum Gasteiger partial charge on any atom is -0.368 e. The van der Waals surface area contributed by atoms with Gasteiger partial charge in [-0.2, -0.15) is 13.2 Å². The number of nitrogens with one attached hydrogen (secondary N) is 1. The SMILES string of the molecule is CN1CCC(c2cc(NC(=O)C3=CC(=S)CC(C#Cc4cnc(N)nc4)=C3)cc(C(F)(F)F)c2)CC1. The van der Waals surface area contributed by atoms with E-state index in [2.05, 4.69) is 32.0 Å². The molecule has 0 saturated carbocycles. The Morgan fingerprint density at radius 2 is 1.83 bits per heavy atom. The predicted molar refractivity (Wildman–Crippen MR) is 136 cm³/mol. The molecule has 186 valence electrons. The van der Waals surface area contributed by atoms with Gasteiger partial charge in [-0.05, 0) is 74.8 Å². The maximum absolute atomic E-state index is 13.6. The van der Waals surface area contributed by atoms with E-state index < -0.39 is 17.6 Å². The summed E-state index contributed by atoms with van der Waals surface area (Å²) in [5.74, 6) is 5.43. The van der Waals surface area contributed by atoms with Gasteiger partial charge >= 0.3 is 6.18 Å². The van der Waals surface area contributed by atoms with Crippen LogP contribution in [0.15, 0.2) is 53.9 Å². The zero-order valence-electron chi connectivity index (χ0n) is 19.5. The lowest BCUT2D eigenvalue weighted by Crippen LogP contribution is -2.29. The van der Waals surface area contributed by atoms with Gasteiger partial charge in [-0.1, -0.05) is 24.1 Å². The molecule has 0 radical (unpaired) electrons. The minimum atomic E-state index is -4.53. The van der Waals surface area contributed by atoms with Crippen molar-refractivity contribution in [1.29, 1.82) is 0 Å². The first-order chi connectivity index (χ1) is 17.1. The number of likely N-dealkylation sites (tertiary alicyclic amines) is 1. The number of carbonyl (C=O) groups is 1. The number of nitrogens with two attached hydrogens (primary N) is 1. The smallest absolute Gasteiger partial charge is 0.368 e. The van der Waals surface area contributed by atoms with Gasteiger partial charge in [-0.3, -0.25) is 4.79 Å². The number of carbonyl (C=O) groups excluding carboxylic acids is 1. The van der Waals surface area contributed by atoms with Crippen LogP contribution in [-0.2, 0) is 11.0 Å². The Bertz CT molecular complexity index is 1300. The van der Waals surface area contributed by atoms with Crippen LogP contribution in [-0.4, -0.2) is 45.8 Å². The fourth-order valence-electron chi connectivity index (χ4n) is 4.13. The van der Waals surface area contributed by atoms with Gasteiger partial charge in [0.1, 0.15) is 0 Å². The molecule has 0 bridgehead atoms. The molecule has 10 heteroatoms. The molecule has 0 spiro atoms. The van der Waals surface area contributed by atoms with Crippen molar-refractivity contribution in [2.45, 2.75) is 31.4 Å². The summed E-state index contributed by atoms with van der Waals surface area (Å²) in [7, 11) is 1.99. The van der Waals surface area contributed by atoms with Crippen molar-refractivity contribution in [2.24, 2.45) is 0 Å². The highest BCUT2D eigenvalue weighted by Gasteiger charge is 2.32. The number of hydrogen-bond donors (Lipinski definition) is 2. The number of benzene rings is 1. The van der Waals surface area contributed by atoms with E-state index in [0.29, 0.717) is 28.0 Å². The van der Waals surface area contributed by atoms with Crippen molar-refractivity contribution >= 4 is 34.6 Å². The molecule has 2 aromatic rings. The molecule has 2 aliphatic rings. The fourth-order valence-corrected chi connectivity index (χ4v) is 4.41. The van der Waals surface area contributed by atoms with Gasteiger partial charge in [0.25, 0.3) is 5.91 Å². The van der Waals surface area contributed by atoms with E-state index in [0.717, 1.165) is 32.0 Å². The highest BCUT2D eigenvalue weighted by molar-refractivity contribution is 7.80. The number of anilines is 2. The lowest BCUT2D eigenvalue weighted by atomic mass is 9.88. The fraction of sp³-hybridized carbons (Fsp3) is 0.308. The second-order valence-electron chi connectivity index (χ2n) is 8.87. The van der Waals surface area contributed by atoms with Crippen LogP contribution in [0.5, 0.6) is 0 Å². The maximum Gasteiger partial charge on any atom is 0.416 e. The lowest BCUT2D eigenvalue weighted by Gasteiger charge is -2.29. The lowest BCUT2D eigenvalue weighted by molar-refractivity contribution is -0.137. The Morgan fingerprint density at radius 1 is 1.14 bits per heavy atom. The second kappa shape index (κ2) is 10.6. The standard InChI is InChI=1S/C26H24F3N5OS/c1-34-6-4-18(5-7-34)19-10-21(26(27,28)29)13-22(11-19)33-24(35)20-8-16(9-23(36)12-20)2-3-17-14-31-25(30)32-15-17/h8,10-15,18H,4-7,9H2,1H3,(H,33,35)(H2,30,31,32). The quantitative estimate of drug-likeness (QED) is 0.466. The van der Waals surface area contributed by atoms with Crippen molar-refractivity contribution in [2.75, 3.05) is 31.2 Å². The van der Waals surface area contributed by atoms with Crippen LogP contribution < -0.4 is 11.1 Å². The summed E-state index contributed by atoms with van der Waals surface area (Å²) in [5.41, 5.74) is 6.73. The molecule has 6 nitrogen and oxygen atoms in total. The van der Waals surface area contributed by atoms with Gasteiger partial charge in [-0.25, -0.2) is 9.97 Å². The number of thiocarbonyl (C=S) groups is 1. The van der Waals surface area contributed by atoms with Gasteiger partial charge < -0.3 is 16.0 Å². The third-order valence-corrected chi connectivity index (χ3v) is 6.30. The average molecular weight is 512 g/mol. The van der Waals surface area contributed by atoms with Crippen LogP contribution in [0, 0.1) is 11.8 Å². The number of aromatic nitrogens is 2. The Hall–Kier alpha value is -3.55. The Kier molecular flexibility index (Phi) is 7.52. The van der Waals surface area contributed by atoms with E-state index in [4.69, 9.17) is 18.0 Å². The van der Waals surface area contributed by atoms with Crippen molar-refractivity contribution in [3.63, 3.8) is 0 Å². The molecule has 0 unspecified atom stereocenters. The maximum atomic E-state index is 13.6. The molecule has 1 aliphatic carbocycles. The summed E-state index contributed by atoms with van der Waals surface area (Å²) in [6.07, 6.45) is 3.45. The zero-order valence-corrected chi connectivity index (χ0v) is 20.3. The monoisotopic (exact) mass is 511 g/mol. The number of amides is 1. The third kappa shape index (κ3) is 6.56.